The van der Waals surface area contributed by atoms with Gasteiger partial charge in [0.25, 0.3) is 5.91 Å². The van der Waals surface area contributed by atoms with Crippen LogP contribution in [0.2, 0.25) is 5.02 Å². The first kappa shape index (κ1) is 23.6. The summed E-state index contributed by atoms with van der Waals surface area (Å²) in [6, 6.07) is 18.7. The van der Waals surface area contributed by atoms with Crippen LogP contribution >= 0.6 is 11.6 Å². The van der Waals surface area contributed by atoms with E-state index in [4.69, 9.17) is 21.4 Å². The fourth-order valence-electron chi connectivity index (χ4n) is 2.96. The number of carbonyl (C=O) groups excluding carboxylic acids is 1. The number of hydrogen-bond donors (Lipinski definition) is 2. The number of aromatic carboxylic acids is 1. The maximum atomic E-state index is 12.5. The molecule has 0 heterocycles. The van der Waals surface area contributed by atoms with E-state index in [0.29, 0.717) is 22.0 Å². The number of halogens is 1. The van der Waals surface area contributed by atoms with Gasteiger partial charge in [0, 0.05) is 5.69 Å². The summed E-state index contributed by atoms with van der Waals surface area (Å²) in [6.45, 7) is 4.13. The molecule has 0 aromatic heterocycles. The van der Waals surface area contributed by atoms with Crippen LogP contribution in [0.15, 0.2) is 66.2 Å². The number of aryl methyl sites for hydroxylation is 2. The summed E-state index contributed by atoms with van der Waals surface area (Å²) >= 11 is 6.32. The van der Waals surface area contributed by atoms with E-state index in [0.717, 1.165) is 16.7 Å². The average molecular weight is 461 g/mol. The molecule has 2 N–H and O–H groups in total. The summed E-state index contributed by atoms with van der Waals surface area (Å²) in [6.07, 6.45) is 1.46. The number of amides is 1. The maximum absolute atomic E-state index is 12.5. The van der Waals surface area contributed by atoms with E-state index in [9.17, 15) is 14.9 Å². The minimum atomic E-state index is -0.992. The van der Waals surface area contributed by atoms with Crippen molar-refractivity contribution in [2.24, 2.45) is 0 Å². The number of nitrogens with zero attached hydrogens (tertiary/aromatic N) is 1. The fourth-order valence-corrected chi connectivity index (χ4v) is 3.20. The zero-order valence-electron chi connectivity index (χ0n) is 18.1. The summed E-state index contributed by atoms with van der Waals surface area (Å²) in [5.74, 6) is -1.08. The molecule has 0 radical (unpaired) electrons. The SMILES string of the molecule is Cc1ccc(NC(=O)/C(C#N)=C/c2ccc(OCc3ccc(C(=O)O)cc3)c(Cl)c2)cc1C. The lowest BCUT2D eigenvalue weighted by Gasteiger charge is -2.10. The molecular formula is C26H21ClN2O4. The van der Waals surface area contributed by atoms with Crippen molar-refractivity contribution in [3.05, 3.63) is 99.1 Å². The molecule has 0 fully saturated rings. The Hall–Kier alpha value is -4.08. The van der Waals surface area contributed by atoms with Crippen LogP contribution in [0.5, 0.6) is 5.75 Å². The molecule has 0 saturated carbocycles. The van der Waals surface area contributed by atoms with Crippen molar-refractivity contribution in [1.29, 1.82) is 5.26 Å². The molecule has 3 aromatic carbocycles. The second kappa shape index (κ2) is 10.5. The highest BCUT2D eigenvalue weighted by molar-refractivity contribution is 6.32. The van der Waals surface area contributed by atoms with Gasteiger partial charge < -0.3 is 15.2 Å². The zero-order valence-corrected chi connectivity index (χ0v) is 18.8. The molecule has 7 heteroatoms. The second-order valence-electron chi connectivity index (χ2n) is 7.40. The van der Waals surface area contributed by atoms with Crippen LogP contribution < -0.4 is 10.1 Å². The third kappa shape index (κ3) is 6.22. The second-order valence-corrected chi connectivity index (χ2v) is 7.81. The summed E-state index contributed by atoms with van der Waals surface area (Å²) < 4.78 is 5.71. The summed E-state index contributed by atoms with van der Waals surface area (Å²) in [5, 5.41) is 21.5. The van der Waals surface area contributed by atoms with Gasteiger partial charge in [-0.15, -0.1) is 0 Å². The first-order valence-electron chi connectivity index (χ1n) is 10.0. The lowest BCUT2D eigenvalue weighted by atomic mass is 10.1. The standard InChI is InChI=1S/C26H21ClN2O4/c1-16-3-9-22(11-17(16)2)29-25(30)21(14-28)12-19-6-10-24(23(27)13-19)33-15-18-4-7-20(8-5-18)26(31)32/h3-13H,15H2,1-2H3,(H,29,30)(H,31,32)/b21-12+. The lowest BCUT2D eigenvalue weighted by Crippen LogP contribution is -2.13. The number of nitriles is 1. The van der Waals surface area contributed by atoms with Gasteiger partial charge in [0.2, 0.25) is 0 Å². The number of anilines is 1. The number of carboxylic acid groups (broad SMARTS) is 1. The molecule has 3 rings (SSSR count). The smallest absolute Gasteiger partial charge is 0.335 e. The van der Waals surface area contributed by atoms with Crippen LogP contribution in [0.3, 0.4) is 0 Å². The van der Waals surface area contributed by atoms with Crippen LogP contribution in [-0.4, -0.2) is 17.0 Å². The lowest BCUT2D eigenvalue weighted by molar-refractivity contribution is -0.112. The quantitative estimate of drug-likeness (QED) is 0.344. The topological polar surface area (TPSA) is 99.4 Å². The summed E-state index contributed by atoms with van der Waals surface area (Å²) in [4.78, 5) is 23.5. The molecule has 0 aliphatic heterocycles. The fraction of sp³-hybridized carbons (Fsp3) is 0.115. The van der Waals surface area contributed by atoms with E-state index in [1.165, 1.54) is 18.2 Å². The highest BCUT2D eigenvalue weighted by Gasteiger charge is 2.11. The van der Waals surface area contributed by atoms with Gasteiger partial charge in [-0.2, -0.15) is 5.26 Å². The molecule has 166 valence electrons. The van der Waals surface area contributed by atoms with Gasteiger partial charge in [-0.3, -0.25) is 4.79 Å². The van der Waals surface area contributed by atoms with E-state index in [1.807, 2.05) is 32.0 Å². The minimum absolute atomic E-state index is 0.0588. The highest BCUT2D eigenvalue weighted by Crippen LogP contribution is 2.27. The zero-order chi connectivity index (χ0) is 24.0. The molecule has 33 heavy (non-hydrogen) atoms. The van der Waals surface area contributed by atoms with Crippen LogP contribution in [0.1, 0.15) is 32.6 Å². The van der Waals surface area contributed by atoms with E-state index in [1.54, 1.807) is 36.4 Å². The molecule has 0 aliphatic carbocycles. The van der Waals surface area contributed by atoms with Crippen LogP contribution in [0.4, 0.5) is 5.69 Å². The summed E-state index contributed by atoms with van der Waals surface area (Å²) in [7, 11) is 0. The van der Waals surface area contributed by atoms with E-state index in [-0.39, 0.29) is 17.7 Å². The molecule has 0 unspecified atom stereocenters. The molecule has 0 atom stereocenters. The number of hydrogen-bond acceptors (Lipinski definition) is 4. The van der Waals surface area contributed by atoms with Crippen LogP contribution in [0, 0.1) is 25.2 Å². The average Bonchev–Trinajstić information content (AvgIpc) is 2.79. The van der Waals surface area contributed by atoms with E-state index < -0.39 is 11.9 Å². The van der Waals surface area contributed by atoms with Gasteiger partial charge in [-0.1, -0.05) is 35.9 Å². The van der Waals surface area contributed by atoms with Gasteiger partial charge in [0.05, 0.1) is 10.6 Å². The van der Waals surface area contributed by atoms with Crippen molar-refractivity contribution in [3.8, 4) is 11.8 Å². The predicted octanol–water partition coefficient (Wildman–Crippen LogP) is 5.78. The summed E-state index contributed by atoms with van der Waals surface area (Å²) in [5.41, 5.74) is 4.26. The van der Waals surface area contributed by atoms with Crippen LogP contribution in [-0.2, 0) is 11.4 Å². The third-order valence-corrected chi connectivity index (χ3v) is 5.29. The Bertz CT molecular complexity index is 1270. The minimum Gasteiger partial charge on any atom is -0.487 e. The number of carboxylic acids is 1. The Balaban J connectivity index is 1.69. The predicted molar refractivity (Wildman–Crippen MR) is 127 cm³/mol. The van der Waals surface area contributed by atoms with Crippen molar-refractivity contribution in [2.45, 2.75) is 20.5 Å². The van der Waals surface area contributed by atoms with Gasteiger partial charge in [-0.25, -0.2) is 4.79 Å². The Morgan fingerprint density at radius 1 is 1.06 bits per heavy atom. The monoisotopic (exact) mass is 460 g/mol. The molecule has 0 saturated heterocycles. The van der Waals surface area contributed by atoms with Crippen molar-refractivity contribution < 1.29 is 19.4 Å². The first-order chi connectivity index (χ1) is 15.8. The molecule has 6 nitrogen and oxygen atoms in total. The molecule has 0 aliphatic rings. The number of benzene rings is 3. The number of ether oxygens (including phenoxy) is 1. The van der Waals surface area contributed by atoms with Gasteiger partial charge in [-0.05, 0) is 78.6 Å². The largest absolute Gasteiger partial charge is 0.487 e. The van der Waals surface area contributed by atoms with Crippen molar-refractivity contribution in [1.82, 2.24) is 0 Å². The first-order valence-corrected chi connectivity index (χ1v) is 10.4. The number of rotatable bonds is 7. The Kier molecular flexibility index (Phi) is 7.50. The van der Waals surface area contributed by atoms with E-state index >= 15 is 0 Å². The molecule has 3 aromatic rings. The highest BCUT2D eigenvalue weighted by atomic mass is 35.5. The van der Waals surface area contributed by atoms with Gasteiger partial charge >= 0.3 is 5.97 Å². The maximum Gasteiger partial charge on any atom is 0.335 e. The Morgan fingerprint density at radius 3 is 2.39 bits per heavy atom. The Labute approximate surface area is 196 Å². The molecule has 1 amide bonds. The van der Waals surface area contributed by atoms with Crippen molar-refractivity contribution in [3.63, 3.8) is 0 Å². The third-order valence-electron chi connectivity index (χ3n) is 4.99. The molecular weight excluding hydrogens is 440 g/mol. The van der Waals surface area contributed by atoms with Gasteiger partial charge in [0.1, 0.15) is 24.0 Å². The molecule has 0 bridgehead atoms. The number of nitrogens with one attached hydrogen (secondary N) is 1. The normalized spacial score (nSPS) is 10.9. The Morgan fingerprint density at radius 2 is 1.79 bits per heavy atom. The van der Waals surface area contributed by atoms with Crippen LogP contribution in [0.25, 0.3) is 6.08 Å². The van der Waals surface area contributed by atoms with E-state index in [2.05, 4.69) is 5.32 Å². The molecule has 0 spiro atoms. The van der Waals surface area contributed by atoms with Crippen molar-refractivity contribution >= 4 is 35.2 Å². The van der Waals surface area contributed by atoms with Gasteiger partial charge in [0.15, 0.2) is 0 Å². The number of carbonyl (C=O) groups is 2. The van der Waals surface area contributed by atoms with Crippen molar-refractivity contribution in [2.75, 3.05) is 5.32 Å².